The van der Waals surface area contributed by atoms with Gasteiger partial charge in [-0.25, -0.2) is 4.39 Å². The molecule has 0 radical (unpaired) electrons. The van der Waals surface area contributed by atoms with Gasteiger partial charge in [-0.1, -0.05) is 6.07 Å². The lowest BCUT2D eigenvalue weighted by atomic mass is 10.1. The second kappa shape index (κ2) is 5.05. The van der Waals surface area contributed by atoms with Crippen molar-refractivity contribution in [2.45, 2.75) is 6.54 Å². The van der Waals surface area contributed by atoms with Crippen LogP contribution in [-0.4, -0.2) is 21.3 Å². The molecule has 2 rings (SSSR count). The first-order valence-electron chi connectivity index (χ1n) is 5.03. The number of carbonyl (C=O) groups excluding carboxylic acids is 1. The van der Waals surface area contributed by atoms with Gasteiger partial charge in [-0.2, -0.15) is 20.7 Å². The highest BCUT2D eigenvalue weighted by atomic mass is 19.1. The lowest BCUT2D eigenvalue weighted by Crippen LogP contribution is -2.23. The summed E-state index contributed by atoms with van der Waals surface area (Å²) < 4.78 is 13.5. The van der Waals surface area contributed by atoms with Crippen molar-refractivity contribution in [1.29, 1.82) is 5.26 Å². The third kappa shape index (κ3) is 2.49. The highest BCUT2D eigenvalue weighted by molar-refractivity contribution is 5.91. The van der Waals surface area contributed by atoms with Crippen LogP contribution in [-0.2, 0) is 6.54 Å². The molecular formula is C11H8FN5O. The van der Waals surface area contributed by atoms with Crippen LogP contribution in [0.1, 0.15) is 21.6 Å². The molecule has 0 saturated heterocycles. The SMILES string of the molecule is N#Cc1ccc(CNC(=O)c2cn[nH]n2)c(F)c1. The number of amides is 1. The molecule has 6 nitrogen and oxygen atoms in total. The third-order valence-electron chi connectivity index (χ3n) is 2.27. The summed E-state index contributed by atoms with van der Waals surface area (Å²) in [6, 6.07) is 5.90. The monoisotopic (exact) mass is 245 g/mol. The molecule has 0 unspecified atom stereocenters. The van der Waals surface area contributed by atoms with Crippen molar-refractivity contribution in [3.05, 3.63) is 47.0 Å². The van der Waals surface area contributed by atoms with Crippen LogP contribution in [0.5, 0.6) is 0 Å². The number of nitrogens with zero attached hydrogens (tertiary/aromatic N) is 3. The first-order chi connectivity index (χ1) is 8.70. The van der Waals surface area contributed by atoms with Crippen LogP contribution in [0.2, 0.25) is 0 Å². The van der Waals surface area contributed by atoms with Crippen molar-refractivity contribution in [2.75, 3.05) is 0 Å². The number of hydrogen-bond acceptors (Lipinski definition) is 4. The minimum Gasteiger partial charge on any atom is -0.346 e. The first-order valence-corrected chi connectivity index (χ1v) is 5.03. The smallest absolute Gasteiger partial charge is 0.273 e. The zero-order valence-electron chi connectivity index (χ0n) is 9.14. The molecule has 0 saturated carbocycles. The Labute approximate surface area is 101 Å². The number of nitriles is 1. The molecule has 0 aliphatic rings. The molecule has 1 amide bonds. The molecule has 2 aromatic rings. The van der Waals surface area contributed by atoms with Crippen molar-refractivity contribution in [3.63, 3.8) is 0 Å². The lowest BCUT2D eigenvalue weighted by Gasteiger charge is -2.04. The lowest BCUT2D eigenvalue weighted by molar-refractivity contribution is 0.0945. The van der Waals surface area contributed by atoms with Gasteiger partial charge in [0.25, 0.3) is 5.91 Å². The Balaban J connectivity index is 2.03. The molecule has 1 heterocycles. The van der Waals surface area contributed by atoms with Gasteiger partial charge in [-0.05, 0) is 12.1 Å². The summed E-state index contributed by atoms with van der Waals surface area (Å²) >= 11 is 0. The van der Waals surface area contributed by atoms with E-state index in [0.717, 1.165) is 6.07 Å². The molecule has 0 aliphatic heterocycles. The fourth-order valence-electron chi connectivity index (χ4n) is 1.34. The van der Waals surface area contributed by atoms with Crippen LogP contribution >= 0.6 is 0 Å². The van der Waals surface area contributed by atoms with Crippen LogP contribution in [0, 0.1) is 17.1 Å². The molecule has 0 fully saturated rings. The molecule has 0 spiro atoms. The Kier molecular flexibility index (Phi) is 3.29. The number of benzene rings is 1. The minimum atomic E-state index is -0.533. The number of rotatable bonds is 3. The highest BCUT2D eigenvalue weighted by Gasteiger charge is 2.09. The Morgan fingerprint density at radius 2 is 2.39 bits per heavy atom. The van der Waals surface area contributed by atoms with Gasteiger partial charge in [-0.15, -0.1) is 0 Å². The van der Waals surface area contributed by atoms with E-state index in [1.807, 2.05) is 6.07 Å². The topological polar surface area (TPSA) is 94.5 Å². The molecule has 1 aromatic carbocycles. The summed E-state index contributed by atoms with van der Waals surface area (Å²) in [5, 5.41) is 20.5. The van der Waals surface area contributed by atoms with Crippen molar-refractivity contribution in [2.24, 2.45) is 0 Å². The molecule has 0 atom stereocenters. The summed E-state index contributed by atoms with van der Waals surface area (Å²) in [5.74, 6) is -0.984. The summed E-state index contributed by atoms with van der Waals surface area (Å²) in [7, 11) is 0. The standard InChI is InChI=1S/C11H8FN5O/c12-9-3-7(4-13)1-2-8(9)5-14-11(18)10-6-15-17-16-10/h1-3,6H,5H2,(H,14,18)(H,15,16,17). The van der Waals surface area contributed by atoms with E-state index in [9.17, 15) is 9.18 Å². The maximum absolute atomic E-state index is 13.5. The fourth-order valence-corrected chi connectivity index (χ4v) is 1.34. The molecule has 0 bridgehead atoms. The molecule has 0 aliphatic carbocycles. The van der Waals surface area contributed by atoms with E-state index in [-0.39, 0.29) is 17.8 Å². The van der Waals surface area contributed by atoms with Crippen LogP contribution in [0.4, 0.5) is 4.39 Å². The molecule has 7 heteroatoms. The van der Waals surface area contributed by atoms with Gasteiger partial charge in [-0.3, -0.25) is 4.79 Å². The summed E-state index contributed by atoms with van der Waals surface area (Å²) in [5.41, 5.74) is 0.661. The number of H-pyrrole nitrogens is 1. The number of nitrogens with one attached hydrogen (secondary N) is 2. The Bertz CT molecular complexity index is 602. The van der Waals surface area contributed by atoms with Crippen molar-refractivity contribution in [3.8, 4) is 6.07 Å². The molecule has 1 aromatic heterocycles. The Morgan fingerprint density at radius 1 is 1.56 bits per heavy atom. The van der Waals surface area contributed by atoms with Crippen molar-refractivity contribution in [1.82, 2.24) is 20.7 Å². The number of halogens is 1. The van der Waals surface area contributed by atoms with Gasteiger partial charge in [0.05, 0.1) is 17.8 Å². The fraction of sp³-hybridized carbons (Fsp3) is 0.0909. The second-order valence-corrected chi connectivity index (χ2v) is 3.46. The van der Waals surface area contributed by atoms with E-state index < -0.39 is 11.7 Å². The van der Waals surface area contributed by atoms with Crippen LogP contribution in [0.15, 0.2) is 24.4 Å². The molecule has 2 N–H and O–H groups in total. The maximum Gasteiger partial charge on any atom is 0.273 e. The van der Waals surface area contributed by atoms with Gasteiger partial charge in [0.15, 0.2) is 5.69 Å². The largest absolute Gasteiger partial charge is 0.346 e. The zero-order valence-corrected chi connectivity index (χ0v) is 9.14. The van der Waals surface area contributed by atoms with Gasteiger partial charge in [0.1, 0.15) is 5.82 Å². The van der Waals surface area contributed by atoms with Crippen molar-refractivity contribution >= 4 is 5.91 Å². The third-order valence-corrected chi connectivity index (χ3v) is 2.27. The number of aromatic amines is 1. The van der Waals surface area contributed by atoms with E-state index in [4.69, 9.17) is 5.26 Å². The zero-order chi connectivity index (χ0) is 13.0. The molecule has 90 valence electrons. The Morgan fingerprint density at radius 3 is 3.00 bits per heavy atom. The van der Waals surface area contributed by atoms with E-state index >= 15 is 0 Å². The van der Waals surface area contributed by atoms with Gasteiger partial charge in [0.2, 0.25) is 0 Å². The van der Waals surface area contributed by atoms with Crippen LogP contribution < -0.4 is 5.32 Å². The summed E-state index contributed by atoms with van der Waals surface area (Å²) in [6.07, 6.45) is 1.27. The first kappa shape index (κ1) is 11.7. The van der Waals surface area contributed by atoms with Gasteiger partial charge < -0.3 is 5.32 Å². The number of hydrogen-bond donors (Lipinski definition) is 2. The highest BCUT2D eigenvalue weighted by Crippen LogP contribution is 2.09. The predicted octanol–water partition coefficient (Wildman–Crippen LogP) is 0.745. The average molecular weight is 245 g/mol. The summed E-state index contributed by atoms with van der Waals surface area (Å²) in [4.78, 5) is 11.5. The Hall–Kier alpha value is -2.75. The molecule has 18 heavy (non-hydrogen) atoms. The van der Waals surface area contributed by atoms with E-state index in [1.54, 1.807) is 0 Å². The quantitative estimate of drug-likeness (QED) is 0.834. The predicted molar refractivity (Wildman–Crippen MR) is 58.7 cm³/mol. The van der Waals surface area contributed by atoms with Gasteiger partial charge >= 0.3 is 0 Å². The van der Waals surface area contributed by atoms with Crippen LogP contribution in [0.25, 0.3) is 0 Å². The second-order valence-electron chi connectivity index (χ2n) is 3.46. The van der Waals surface area contributed by atoms with Gasteiger partial charge in [0, 0.05) is 12.1 Å². The van der Waals surface area contributed by atoms with E-state index in [1.165, 1.54) is 18.3 Å². The number of aromatic nitrogens is 3. The van der Waals surface area contributed by atoms with Crippen molar-refractivity contribution < 1.29 is 9.18 Å². The maximum atomic E-state index is 13.5. The number of carbonyl (C=O) groups is 1. The normalized spacial score (nSPS) is 9.78. The average Bonchev–Trinajstić information content (AvgIpc) is 2.90. The summed E-state index contributed by atoms with van der Waals surface area (Å²) in [6.45, 7) is 0.0171. The van der Waals surface area contributed by atoms with E-state index in [2.05, 4.69) is 20.7 Å². The minimum absolute atomic E-state index is 0.0171. The van der Waals surface area contributed by atoms with Crippen LogP contribution in [0.3, 0.4) is 0 Å². The van der Waals surface area contributed by atoms with E-state index in [0.29, 0.717) is 5.56 Å². The molecular weight excluding hydrogens is 237 g/mol.